The molecule has 1 aromatic heterocycles. The summed E-state index contributed by atoms with van der Waals surface area (Å²) < 4.78 is 5.58. The summed E-state index contributed by atoms with van der Waals surface area (Å²) in [4.78, 5) is 23.0. The van der Waals surface area contributed by atoms with Gasteiger partial charge in [0.05, 0.1) is 6.61 Å². The number of aromatic nitrogens is 1. The number of nitrogens with one attached hydrogen (secondary N) is 2. The molecule has 2 N–H and O–H groups in total. The molecule has 1 atom stereocenters. The third kappa shape index (κ3) is 5.29. The molecular formula is C18H28IN5O2. The number of halogens is 1. The van der Waals surface area contributed by atoms with Gasteiger partial charge >= 0.3 is 0 Å². The Morgan fingerprint density at radius 1 is 1.42 bits per heavy atom. The zero-order chi connectivity index (χ0) is 17.7. The van der Waals surface area contributed by atoms with Crippen molar-refractivity contribution in [1.82, 2.24) is 15.2 Å². The minimum atomic E-state index is -0.0526. The van der Waals surface area contributed by atoms with E-state index in [2.05, 4.69) is 25.5 Å². The van der Waals surface area contributed by atoms with Crippen LogP contribution in [0.3, 0.4) is 0 Å². The minimum absolute atomic E-state index is 0. The van der Waals surface area contributed by atoms with E-state index >= 15 is 0 Å². The highest BCUT2D eigenvalue weighted by atomic mass is 127. The lowest BCUT2D eigenvalue weighted by molar-refractivity contribution is -0.116. The van der Waals surface area contributed by atoms with Gasteiger partial charge in [0.15, 0.2) is 5.96 Å². The zero-order valence-electron chi connectivity index (χ0n) is 15.5. The number of ether oxygens (including phenoxy) is 1. The standard InChI is InChI=1S/C18H27N5O2.HI/c1-14-4-3-5-15(21-14)22-16(24)6-9-20-17(19-2)23-10-7-18(12-23)8-11-25-13-18;/h3-5H,6-13H2,1-2H3,(H,19,20)(H,21,22,24);1H. The van der Waals surface area contributed by atoms with Crippen molar-refractivity contribution in [3.8, 4) is 0 Å². The molecule has 1 unspecified atom stereocenters. The van der Waals surface area contributed by atoms with Crippen molar-refractivity contribution in [3.05, 3.63) is 23.9 Å². The summed E-state index contributed by atoms with van der Waals surface area (Å²) in [5.41, 5.74) is 1.18. The monoisotopic (exact) mass is 473 g/mol. The molecule has 0 radical (unpaired) electrons. The highest BCUT2D eigenvalue weighted by molar-refractivity contribution is 14.0. The summed E-state index contributed by atoms with van der Waals surface area (Å²) in [6.45, 7) is 6.14. The fraction of sp³-hybridized carbons (Fsp3) is 0.611. The van der Waals surface area contributed by atoms with Gasteiger partial charge in [0.2, 0.25) is 5.91 Å². The lowest BCUT2D eigenvalue weighted by Gasteiger charge is -2.24. The highest BCUT2D eigenvalue weighted by Crippen LogP contribution is 2.38. The maximum atomic E-state index is 12.1. The Balaban J connectivity index is 0.00000243. The first-order valence-corrected chi connectivity index (χ1v) is 8.87. The zero-order valence-corrected chi connectivity index (χ0v) is 17.8. The van der Waals surface area contributed by atoms with Crippen LogP contribution >= 0.6 is 24.0 Å². The van der Waals surface area contributed by atoms with Gasteiger partial charge in [-0.15, -0.1) is 24.0 Å². The van der Waals surface area contributed by atoms with Gasteiger partial charge in [-0.05, 0) is 31.9 Å². The highest BCUT2D eigenvalue weighted by Gasteiger charge is 2.42. The van der Waals surface area contributed by atoms with E-state index in [1.807, 2.05) is 19.1 Å². The van der Waals surface area contributed by atoms with Crippen LogP contribution in [0.2, 0.25) is 0 Å². The van der Waals surface area contributed by atoms with E-state index in [0.29, 0.717) is 24.2 Å². The van der Waals surface area contributed by atoms with Gasteiger partial charge in [-0.25, -0.2) is 4.98 Å². The SMILES string of the molecule is CN=C(NCCC(=O)Nc1cccc(C)n1)N1CCC2(CCOC2)C1.I. The molecule has 8 heteroatoms. The van der Waals surface area contributed by atoms with Crippen molar-refractivity contribution in [1.29, 1.82) is 0 Å². The van der Waals surface area contributed by atoms with E-state index in [-0.39, 0.29) is 29.9 Å². The summed E-state index contributed by atoms with van der Waals surface area (Å²) >= 11 is 0. The van der Waals surface area contributed by atoms with Gasteiger partial charge in [-0.1, -0.05) is 6.07 Å². The molecule has 2 aliphatic rings. The Morgan fingerprint density at radius 3 is 2.96 bits per heavy atom. The second kappa shape index (κ2) is 9.50. The van der Waals surface area contributed by atoms with E-state index in [4.69, 9.17) is 4.74 Å². The average Bonchev–Trinajstić information content (AvgIpc) is 3.22. The molecule has 1 amide bonds. The Kier molecular flexibility index (Phi) is 7.63. The predicted octanol–water partition coefficient (Wildman–Crippen LogP) is 2.02. The van der Waals surface area contributed by atoms with Crippen LogP contribution < -0.4 is 10.6 Å². The molecule has 3 heterocycles. The first kappa shape index (κ1) is 20.9. The number of aliphatic imine (C=N–C) groups is 1. The average molecular weight is 473 g/mol. The first-order chi connectivity index (χ1) is 12.1. The van der Waals surface area contributed by atoms with Crippen molar-refractivity contribution in [2.45, 2.75) is 26.2 Å². The van der Waals surface area contributed by atoms with Crippen LogP contribution in [-0.4, -0.2) is 61.6 Å². The van der Waals surface area contributed by atoms with E-state index < -0.39 is 0 Å². The first-order valence-electron chi connectivity index (χ1n) is 8.87. The number of carbonyl (C=O) groups excluding carboxylic acids is 1. The molecule has 1 spiro atoms. The van der Waals surface area contributed by atoms with Crippen molar-refractivity contribution in [2.24, 2.45) is 10.4 Å². The molecule has 144 valence electrons. The second-order valence-electron chi connectivity index (χ2n) is 6.91. The number of pyridine rings is 1. The topological polar surface area (TPSA) is 78.8 Å². The van der Waals surface area contributed by atoms with Crippen LogP contribution in [0.4, 0.5) is 5.82 Å². The Morgan fingerprint density at radius 2 is 2.27 bits per heavy atom. The molecule has 3 rings (SSSR count). The summed E-state index contributed by atoms with van der Waals surface area (Å²) in [7, 11) is 1.79. The third-order valence-corrected chi connectivity index (χ3v) is 4.93. The fourth-order valence-corrected chi connectivity index (χ4v) is 3.53. The van der Waals surface area contributed by atoms with Crippen LogP contribution in [0.15, 0.2) is 23.2 Å². The van der Waals surface area contributed by atoms with Crippen LogP contribution in [0.25, 0.3) is 0 Å². The molecule has 26 heavy (non-hydrogen) atoms. The molecule has 0 saturated carbocycles. The number of anilines is 1. The maximum Gasteiger partial charge on any atom is 0.227 e. The van der Waals surface area contributed by atoms with Crippen molar-refractivity contribution in [2.75, 3.05) is 45.2 Å². The van der Waals surface area contributed by atoms with Gasteiger partial charge < -0.3 is 20.3 Å². The number of guanidine groups is 1. The molecular weight excluding hydrogens is 445 g/mol. The summed E-state index contributed by atoms with van der Waals surface area (Å²) in [5, 5.41) is 6.12. The third-order valence-electron chi connectivity index (χ3n) is 4.93. The summed E-state index contributed by atoms with van der Waals surface area (Å²) in [6.07, 6.45) is 2.65. The predicted molar refractivity (Wildman–Crippen MR) is 113 cm³/mol. The maximum absolute atomic E-state index is 12.1. The van der Waals surface area contributed by atoms with Crippen LogP contribution in [0.5, 0.6) is 0 Å². The fourth-order valence-electron chi connectivity index (χ4n) is 3.53. The van der Waals surface area contributed by atoms with Crippen molar-refractivity contribution in [3.63, 3.8) is 0 Å². The van der Waals surface area contributed by atoms with Crippen molar-refractivity contribution >= 4 is 41.7 Å². The number of nitrogens with zero attached hydrogens (tertiary/aromatic N) is 3. The minimum Gasteiger partial charge on any atom is -0.381 e. The molecule has 7 nitrogen and oxygen atoms in total. The largest absolute Gasteiger partial charge is 0.381 e. The van der Waals surface area contributed by atoms with Crippen molar-refractivity contribution < 1.29 is 9.53 Å². The van der Waals surface area contributed by atoms with E-state index in [0.717, 1.165) is 50.8 Å². The molecule has 2 fully saturated rings. The molecule has 0 aromatic carbocycles. The van der Waals surface area contributed by atoms with Gasteiger partial charge in [0.1, 0.15) is 5.82 Å². The smallest absolute Gasteiger partial charge is 0.227 e. The lowest BCUT2D eigenvalue weighted by atomic mass is 9.87. The summed E-state index contributed by atoms with van der Waals surface area (Å²) in [6, 6.07) is 5.58. The van der Waals surface area contributed by atoms with Gasteiger partial charge in [0.25, 0.3) is 0 Å². The normalized spacial score (nSPS) is 22.4. The Hall–Kier alpha value is -1.42. The molecule has 0 aliphatic carbocycles. The summed E-state index contributed by atoms with van der Waals surface area (Å²) in [5.74, 6) is 1.41. The number of hydrogen-bond donors (Lipinski definition) is 2. The van der Waals surface area contributed by atoms with Crippen LogP contribution in [0, 0.1) is 12.3 Å². The number of hydrogen-bond acceptors (Lipinski definition) is 4. The Bertz CT molecular complexity index is 646. The van der Waals surface area contributed by atoms with Crippen LogP contribution in [0.1, 0.15) is 25.0 Å². The number of rotatable bonds is 4. The second-order valence-corrected chi connectivity index (χ2v) is 6.91. The van der Waals surface area contributed by atoms with Crippen LogP contribution in [-0.2, 0) is 9.53 Å². The quantitative estimate of drug-likeness (QED) is 0.398. The number of amides is 1. The van der Waals surface area contributed by atoms with Gasteiger partial charge in [0, 0.05) is 50.8 Å². The number of carbonyl (C=O) groups is 1. The van der Waals surface area contributed by atoms with E-state index in [9.17, 15) is 4.79 Å². The lowest BCUT2D eigenvalue weighted by Crippen LogP contribution is -2.42. The molecule has 0 bridgehead atoms. The van der Waals surface area contributed by atoms with Gasteiger partial charge in [-0.2, -0.15) is 0 Å². The number of likely N-dealkylation sites (tertiary alicyclic amines) is 1. The van der Waals surface area contributed by atoms with Gasteiger partial charge in [-0.3, -0.25) is 9.79 Å². The molecule has 2 aliphatic heterocycles. The molecule has 1 aromatic rings. The Labute approximate surface area is 172 Å². The van der Waals surface area contributed by atoms with E-state index in [1.165, 1.54) is 0 Å². The molecule has 2 saturated heterocycles. The van der Waals surface area contributed by atoms with E-state index in [1.54, 1.807) is 13.1 Å². The number of aryl methyl sites for hydroxylation is 1.